The van der Waals surface area contributed by atoms with Crippen molar-refractivity contribution in [2.75, 3.05) is 0 Å². The molecule has 0 aliphatic rings. The number of halogens is 2. The van der Waals surface area contributed by atoms with Crippen molar-refractivity contribution in [3.05, 3.63) is 65.2 Å². The molecule has 0 saturated heterocycles. The summed E-state index contributed by atoms with van der Waals surface area (Å²) in [4.78, 5) is 0. The Morgan fingerprint density at radius 1 is 1.12 bits per heavy atom. The average Bonchev–Trinajstić information content (AvgIpc) is 2.30. The monoisotopic (exact) mass is 320 g/mol. The van der Waals surface area contributed by atoms with Crippen LogP contribution in [0.15, 0.2) is 48.5 Å². The predicted octanol–water partition coefficient (Wildman–Crippen LogP) is 0.342. The maximum Gasteiger partial charge on any atom is 2.00 e. The summed E-state index contributed by atoms with van der Waals surface area (Å²) in [6.45, 7) is 0.551. The van der Waals surface area contributed by atoms with Crippen LogP contribution in [0.1, 0.15) is 5.56 Å². The van der Waals surface area contributed by atoms with Crippen molar-refractivity contribution in [2.45, 2.75) is 6.61 Å². The molecule has 2 aromatic carbocycles. The molecule has 0 aromatic heterocycles. The van der Waals surface area contributed by atoms with E-state index < -0.39 is 0 Å². The van der Waals surface area contributed by atoms with Crippen molar-refractivity contribution in [3.8, 4) is 5.75 Å². The third-order valence-electron chi connectivity index (χ3n) is 2.00. The first-order valence-electron chi connectivity index (χ1n) is 4.68. The van der Waals surface area contributed by atoms with E-state index in [9.17, 15) is 0 Å². The summed E-state index contributed by atoms with van der Waals surface area (Å²) in [5.41, 5.74) is 1.10. The molecule has 0 unspecified atom stereocenters. The van der Waals surface area contributed by atoms with Gasteiger partial charge in [-0.25, -0.2) is 0 Å². The third kappa shape index (κ3) is 5.77. The van der Waals surface area contributed by atoms with Gasteiger partial charge in [-0.1, -0.05) is 23.7 Å². The average molecular weight is 322 g/mol. The zero-order valence-electron chi connectivity index (χ0n) is 9.20. The normalized spacial score (nSPS) is 8.76. The van der Waals surface area contributed by atoms with E-state index in [4.69, 9.17) is 16.3 Å². The van der Waals surface area contributed by atoms with Crippen molar-refractivity contribution in [1.29, 1.82) is 0 Å². The zero-order valence-corrected chi connectivity index (χ0v) is 13.0. The molecule has 2 rings (SSSR count). The molecule has 17 heavy (non-hydrogen) atoms. The molecule has 0 radical (unpaired) electrons. The predicted molar refractivity (Wildman–Crippen MR) is 66.8 cm³/mol. The minimum atomic E-state index is 0. The topological polar surface area (TPSA) is 9.23 Å². The van der Waals surface area contributed by atoms with E-state index in [1.807, 2.05) is 48.5 Å². The van der Waals surface area contributed by atoms with Gasteiger partial charge >= 0.3 is 23.1 Å². The van der Waals surface area contributed by atoms with Gasteiger partial charge in [-0.15, -0.1) is 12.1 Å². The van der Waals surface area contributed by atoms with Crippen LogP contribution in [-0.4, -0.2) is 23.1 Å². The van der Waals surface area contributed by atoms with Gasteiger partial charge in [0, 0.05) is 10.8 Å². The molecule has 0 N–H and O–H groups in total. The molecule has 84 valence electrons. The zero-order chi connectivity index (χ0) is 10.5. The SMILES string of the molecule is Clc1ccc(COc2c[c-]ccc2)cc1.[Br-].[Mg+2]. The summed E-state index contributed by atoms with van der Waals surface area (Å²) in [6.07, 6.45) is 0. The van der Waals surface area contributed by atoms with Crippen LogP contribution in [0, 0.1) is 6.07 Å². The van der Waals surface area contributed by atoms with Crippen LogP contribution < -0.4 is 21.7 Å². The van der Waals surface area contributed by atoms with E-state index in [-0.39, 0.29) is 40.0 Å². The molecule has 0 aliphatic heterocycles. The van der Waals surface area contributed by atoms with E-state index in [2.05, 4.69) is 6.07 Å². The summed E-state index contributed by atoms with van der Waals surface area (Å²) in [5.74, 6) is 0.826. The van der Waals surface area contributed by atoms with E-state index in [1.54, 1.807) is 0 Å². The Hall–Kier alpha value is -0.224. The van der Waals surface area contributed by atoms with Crippen molar-refractivity contribution in [2.24, 2.45) is 0 Å². The van der Waals surface area contributed by atoms with Crippen LogP contribution in [0.5, 0.6) is 5.75 Å². The van der Waals surface area contributed by atoms with Crippen LogP contribution >= 0.6 is 11.6 Å². The van der Waals surface area contributed by atoms with Crippen LogP contribution in [0.4, 0.5) is 0 Å². The fraction of sp³-hybridized carbons (Fsp3) is 0.0769. The Balaban J connectivity index is 0.00000128. The Kier molecular flexibility index (Phi) is 8.69. The van der Waals surface area contributed by atoms with Gasteiger partial charge in [-0.3, -0.25) is 0 Å². The number of ether oxygens (including phenoxy) is 1. The van der Waals surface area contributed by atoms with Gasteiger partial charge in [0.1, 0.15) is 0 Å². The second kappa shape index (κ2) is 8.81. The molecule has 4 heteroatoms. The van der Waals surface area contributed by atoms with E-state index in [0.717, 1.165) is 16.3 Å². The quantitative estimate of drug-likeness (QED) is 0.585. The third-order valence-corrected chi connectivity index (χ3v) is 2.25. The number of hydrogen-bond donors (Lipinski definition) is 0. The van der Waals surface area contributed by atoms with Gasteiger partial charge in [-0.05, 0) is 17.7 Å². The molecular weight excluding hydrogens is 312 g/mol. The molecule has 0 amide bonds. The van der Waals surface area contributed by atoms with E-state index in [0.29, 0.717) is 6.61 Å². The summed E-state index contributed by atoms with van der Waals surface area (Å²) < 4.78 is 5.56. The summed E-state index contributed by atoms with van der Waals surface area (Å²) in [6, 6.07) is 18.1. The number of hydrogen-bond acceptors (Lipinski definition) is 1. The first-order valence-corrected chi connectivity index (χ1v) is 5.06. The smallest absolute Gasteiger partial charge is 1.00 e. The fourth-order valence-electron chi connectivity index (χ4n) is 1.21. The van der Waals surface area contributed by atoms with Crippen molar-refractivity contribution in [3.63, 3.8) is 0 Å². The van der Waals surface area contributed by atoms with Gasteiger partial charge in [0.2, 0.25) is 0 Å². The van der Waals surface area contributed by atoms with E-state index in [1.165, 1.54) is 0 Å². The molecule has 1 nitrogen and oxygen atoms in total. The number of rotatable bonds is 3. The van der Waals surface area contributed by atoms with Gasteiger partial charge in [0.25, 0.3) is 0 Å². The van der Waals surface area contributed by atoms with Crippen LogP contribution in [0.25, 0.3) is 0 Å². The van der Waals surface area contributed by atoms with Crippen LogP contribution in [0.2, 0.25) is 5.02 Å². The van der Waals surface area contributed by atoms with Gasteiger partial charge < -0.3 is 21.7 Å². The van der Waals surface area contributed by atoms with Crippen molar-refractivity contribution in [1.82, 2.24) is 0 Å². The maximum absolute atomic E-state index is 5.78. The molecule has 2 aromatic rings. The molecule has 0 saturated carbocycles. The van der Waals surface area contributed by atoms with E-state index >= 15 is 0 Å². The van der Waals surface area contributed by atoms with Crippen LogP contribution in [-0.2, 0) is 6.61 Å². The standard InChI is InChI=1S/C13H10ClO.BrH.Mg/c14-12-8-6-11(7-9-12)10-15-13-4-2-1-3-5-13;;/h1-2,4-9H,10H2;1H;/q-1;;+2/p-1. The van der Waals surface area contributed by atoms with Gasteiger partial charge in [0.15, 0.2) is 0 Å². The fourth-order valence-corrected chi connectivity index (χ4v) is 1.34. The Morgan fingerprint density at radius 2 is 1.82 bits per heavy atom. The maximum atomic E-state index is 5.78. The first kappa shape index (κ1) is 16.8. The summed E-state index contributed by atoms with van der Waals surface area (Å²) in [5, 5.41) is 0.742. The Bertz CT molecular complexity index is 419. The van der Waals surface area contributed by atoms with Crippen molar-refractivity contribution >= 4 is 34.7 Å². The Morgan fingerprint density at radius 3 is 2.41 bits per heavy atom. The van der Waals surface area contributed by atoms with Gasteiger partial charge in [0.05, 0.1) is 6.61 Å². The second-order valence-electron chi connectivity index (χ2n) is 3.15. The summed E-state index contributed by atoms with van der Waals surface area (Å²) in [7, 11) is 0. The number of benzene rings is 2. The molecule has 0 aliphatic carbocycles. The summed E-state index contributed by atoms with van der Waals surface area (Å²) >= 11 is 5.78. The molecular formula is C13H10BrClMgO. The second-order valence-corrected chi connectivity index (χ2v) is 3.59. The molecule has 0 fully saturated rings. The molecule has 0 spiro atoms. The van der Waals surface area contributed by atoms with Crippen molar-refractivity contribution < 1.29 is 21.7 Å². The van der Waals surface area contributed by atoms with Gasteiger partial charge in [-0.2, -0.15) is 18.2 Å². The molecule has 0 heterocycles. The largest absolute Gasteiger partial charge is 2.00 e. The molecule has 0 bridgehead atoms. The molecule has 0 atom stereocenters. The Labute approximate surface area is 133 Å². The first-order chi connectivity index (χ1) is 7.34. The van der Waals surface area contributed by atoms with Crippen LogP contribution in [0.3, 0.4) is 0 Å². The minimum absolute atomic E-state index is 0. The minimum Gasteiger partial charge on any atom is -1.00 e.